The smallest absolute Gasteiger partial charge is 0.240 e. The maximum atomic E-state index is 12.9. The lowest BCUT2D eigenvalue weighted by Crippen LogP contribution is -2.35. The lowest BCUT2D eigenvalue weighted by Gasteiger charge is -2.21. The number of rotatable bonds is 3. The minimum absolute atomic E-state index is 0.141. The molecule has 0 fully saturated rings. The van der Waals surface area contributed by atoms with Gasteiger partial charge in [0.05, 0.1) is 5.25 Å². The Kier molecular flexibility index (Phi) is 3.79. The van der Waals surface area contributed by atoms with Crippen molar-refractivity contribution in [2.24, 2.45) is 0 Å². The highest BCUT2D eigenvalue weighted by Gasteiger charge is 2.28. The monoisotopic (exact) mass is 341 g/mol. The predicted octanol–water partition coefficient (Wildman–Crippen LogP) is 3.76. The number of aromatic nitrogens is 2. The molecule has 1 atom stereocenters. The highest BCUT2D eigenvalue weighted by molar-refractivity contribution is 8.00. The third-order valence-corrected chi connectivity index (χ3v) is 5.94. The molecule has 1 aromatic carbocycles. The van der Waals surface area contributed by atoms with E-state index in [9.17, 15) is 4.79 Å². The van der Waals surface area contributed by atoms with Crippen LogP contribution >= 0.6 is 23.1 Å². The molecule has 1 aliphatic heterocycles. The number of thiophene rings is 1. The number of carbonyl (C=O) groups excluding carboxylic acids is 1. The Morgan fingerprint density at radius 2 is 2.17 bits per heavy atom. The second-order valence-corrected chi connectivity index (χ2v) is 7.67. The summed E-state index contributed by atoms with van der Waals surface area (Å²) in [7, 11) is 0. The van der Waals surface area contributed by atoms with Crippen LogP contribution in [0.2, 0.25) is 0 Å². The molecule has 6 heteroatoms. The minimum atomic E-state index is -0.181. The molecular weight excluding hydrogens is 326 g/mol. The lowest BCUT2D eigenvalue weighted by molar-refractivity contribution is -0.117. The van der Waals surface area contributed by atoms with Gasteiger partial charge in [-0.25, -0.2) is 9.97 Å². The fourth-order valence-corrected chi connectivity index (χ4v) is 4.63. The van der Waals surface area contributed by atoms with E-state index in [1.165, 1.54) is 17.3 Å². The lowest BCUT2D eigenvalue weighted by atomic mass is 10.2. The number of anilines is 1. The summed E-state index contributed by atoms with van der Waals surface area (Å²) in [6.07, 6.45) is 2.51. The summed E-state index contributed by atoms with van der Waals surface area (Å²) < 4.78 is 0. The number of carbonyl (C=O) groups is 1. The van der Waals surface area contributed by atoms with Crippen molar-refractivity contribution < 1.29 is 4.79 Å². The Labute approximate surface area is 142 Å². The zero-order valence-corrected chi connectivity index (χ0v) is 14.2. The fraction of sp³-hybridized carbons (Fsp3) is 0.235. The third kappa shape index (κ3) is 2.62. The standard InChI is InChI=1S/C17H15N3OS2/c1-11(23-16-13-7-9-22-15(13)18-10-19-16)17(21)20-8-6-12-4-2-3-5-14(12)20/h2-5,7,9-11H,6,8H2,1H3/t11-/m0/s1. The van der Waals surface area contributed by atoms with E-state index in [0.29, 0.717) is 0 Å². The summed E-state index contributed by atoms with van der Waals surface area (Å²) in [5, 5.41) is 3.74. The van der Waals surface area contributed by atoms with Gasteiger partial charge in [-0.05, 0) is 36.4 Å². The van der Waals surface area contributed by atoms with Crippen molar-refractivity contribution in [2.45, 2.75) is 23.6 Å². The summed E-state index contributed by atoms with van der Waals surface area (Å²) in [6.45, 7) is 2.72. The molecule has 0 spiro atoms. The van der Waals surface area contributed by atoms with Crippen LogP contribution in [-0.2, 0) is 11.2 Å². The summed E-state index contributed by atoms with van der Waals surface area (Å²) in [5.74, 6) is 0.141. The summed E-state index contributed by atoms with van der Waals surface area (Å²) in [4.78, 5) is 24.3. The minimum Gasteiger partial charge on any atom is -0.311 e. The molecule has 0 aliphatic carbocycles. The molecule has 3 aromatic rings. The molecule has 0 saturated heterocycles. The molecule has 0 unspecified atom stereocenters. The Bertz CT molecular complexity index is 877. The zero-order chi connectivity index (χ0) is 15.8. The number of thioether (sulfide) groups is 1. The van der Waals surface area contributed by atoms with E-state index in [-0.39, 0.29) is 11.2 Å². The van der Waals surface area contributed by atoms with Gasteiger partial charge in [0.2, 0.25) is 5.91 Å². The van der Waals surface area contributed by atoms with Crippen molar-refractivity contribution in [3.63, 3.8) is 0 Å². The maximum absolute atomic E-state index is 12.9. The molecule has 1 aliphatic rings. The van der Waals surface area contributed by atoms with Gasteiger partial charge in [-0.3, -0.25) is 4.79 Å². The highest BCUT2D eigenvalue weighted by Crippen LogP contribution is 2.33. The van der Waals surface area contributed by atoms with Crippen molar-refractivity contribution in [2.75, 3.05) is 11.4 Å². The van der Waals surface area contributed by atoms with Crippen molar-refractivity contribution in [1.82, 2.24) is 9.97 Å². The van der Waals surface area contributed by atoms with E-state index in [2.05, 4.69) is 16.0 Å². The number of fused-ring (bicyclic) bond motifs is 2. The first-order valence-electron chi connectivity index (χ1n) is 7.48. The fourth-order valence-electron chi connectivity index (χ4n) is 2.87. The molecule has 4 rings (SSSR count). The van der Waals surface area contributed by atoms with Crippen LogP contribution in [0.25, 0.3) is 10.2 Å². The normalized spacial score (nSPS) is 14.9. The van der Waals surface area contributed by atoms with Gasteiger partial charge < -0.3 is 4.90 Å². The maximum Gasteiger partial charge on any atom is 0.240 e. The van der Waals surface area contributed by atoms with Gasteiger partial charge >= 0.3 is 0 Å². The van der Waals surface area contributed by atoms with Crippen LogP contribution in [0.15, 0.2) is 47.1 Å². The Morgan fingerprint density at radius 3 is 3.09 bits per heavy atom. The first-order valence-corrected chi connectivity index (χ1v) is 9.24. The Hall–Kier alpha value is -1.92. The predicted molar refractivity (Wildman–Crippen MR) is 95.2 cm³/mol. The van der Waals surface area contributed by atoms with Crippen molar-refractivity contribution >= 4 is 44.9 Å². The number of amides is 1. The van der Waals surface area contributed by atoms with E-state index in [4.69, 9.17) is 0 Å². The molecule has 0 N–H and O–H groups in total. The van der Waals surface area contributed by atoms with Crippen LogP contribution in [0, 0.1) is 0 Å². The van der Waals surface area contributed by atoms with Crippen molar-refractivity contribution in [1.29, 1.82) is 0 Å². The van der Waals surface area contributed by atoms with Crippen LogP contribution in [0.1, 0.15) is 12.5 Å². The summed E-state index contributed by atoms with van der Waals surface area (Å²) >= 11 is 3.10. The average molecular weight is 341 g/mol. The first-order chi connectivity index (χ1) is 11.2. The van der Waals surface area contributed by atoms with Gasteiger partial charge in [-0.2, -0.15) is 0 Å². The topological polar surface area (TPSA) is 46.1 Å². The number of nitrogens with zero attached hydrogens (tertiary/aromatic N) is 3. The molecule has 0 bridgehead atoms. The molecule has 3 heterocycles. The highest BCUT2D eigenvalue weighted by atomic mass is 32.2. The molecule has 116 valence electrons. The molecule has 2 aromatic heterocycles. The molecule has 1 amide bonds. The second-order valence-electron chi connectivity index (χ2n) is 5.45. The molecular formula is C17H15N3OS2. The van der Waals surface area contributed by atoms with Gasteiger partial charge in [0.1, 0.15) is 16.2 Å². The van der Waals surface area contributed by atoms with Crippen molar-refractivity contribution in [3.05, 3.63) is 47.6 Å². The van der Waals surface area contributed by atoms with Gasteiger partial charge in [0.25, 0.3) is 0 Å². The van der Waals surface area contributed by atoms with E-state index in [1.54, 1.807) is 17.7 Å². The van der Waals surface area contributed by atoms with Crippen LogP contribution in [-0.4, -0.2) is 27.7 Å². The number of hydrogen-bond donors (Lipinski definition) is 0. The van der Waals surface area contributed by atoms with E-state index >= 15 is 0 Å². The number of benzene rings is 1. The SMILES string of the molecule is C[C@H](Sc1ncnc2sccc12)C(=O)N1CCc2ccccc21. The summed E-state index contributed by atoms with van der Waals surface area (Å²) in [6, 6.07) is 10.2. The van der Waals surface area contributed by atoms with Crippen LogP contribution < -0.4 is 4.90 Å². The van der Waals surface area contributed by atoms with Crippen molar-refractivity contribution in [3.8, 4) is 0 Å². The average Bonchev–Trinajstić information content (AvgIpc) is 3.21. The number of hydrogen-bond acceptors (Lipinski definition) is 5. The quantitative estimate of drug-likeness (QED) is 0.537. The second kappa shape index (κ2) is 5.94. The van der Waals surface area contributed by atoms with E-state index in [1.807, 2.05) is 41.5 Å². The number of para-hydroxylation sites is 1. The van der Waals surface area contributed by atoms with Gasteiger partial charge in [0, 0.05) is 17.6 Å². The van der Waals surface area contributed by atoms with E-state index in [0.717, 1.165) is 33.9 Å². The summed E-state index contributed by atoms with van der Waals surface area (Å²) in [5.41, 5.74) is 2.30. The van der Waals surface area contributed by atoms with Gasteiger partial charge in [0.15, 0.2) is 0 Å². The Morgan fingerprint density at radius 1 is 1.30 bits per heavy atom. The molecule has 4 nitrogen and oxygen atoms in total. The molecule has 0 saturated carbocycles. The zero-order valence-electron chi connectivity index (χ0n) is 12.6. The largest absolute Gasteiger partial charge is 0.311 e. The molecule has 0 radical (unpaired) electrons. The Balaban J connectivity index is 1.57. The third-order valence-electron chi connectivity index (χ3n) is 4.01. The van der Waals surface area contributed by atoms with Gasteiger partial charge in [-0.15, -0.1) is 11.3 Å². The van der Waals surface area contributed by atoms with Gasteiger partial charge in [-0.1, -0.05) is 30.0 Å². The molecule has 23 heavy (non-hydrogen) atoms. The van der Waals surface area contributed by atoms with Crippen LogP contribution in [0.3, 0.4) is 0 Å². The first kappa shape index (κ1) is 14.7. The van der Waals surface area contributed by atoms with Crippen LogP contribution in [0.5, 0.6) is 0 Å². The van der Waals surface area contributed by atoms with Crippen LogP contribution in [0.4, 0.5) is 5.69 Å². The van der Waals surface area contributed by atoms with E-state index < -0.39 is 0 Å².